The van der Waals surface area contributed by atoms with Crippen LogP contribution in [-0.2, 0) is 17.6 Å². The highest BCUT2D eigenvalue weighted by Crippen LogP contribution is 2.38. The van der Waals surface area contributed by atoms with Crippen molar-refractivity contribution >= 4 is 28.2 Å². The van der Waals surface area contributed by atoms with Gasteiger partial charge in [-0.25, -0.2) is 4.79 Å². The maximum Gasteiger partial charge on any atom is 0.341 e. The van der Waals surface area contributed by atoms with Crippen molar-refractivity contribution in [3.8, 4) is 11.1 Å². The Labute approximate surface area is 174 Å². The number of benzene rings is 2. The first-order chi connectivity index (χ1) is 14.1. The molecule has 1 N–H and O–H groups in total. The number of methoxy groups -OCH3 is 1. The van der Waals surface area contributed by atoms with Gasteiger partial charge in [-0.15, -0.1) is 11.3 Å². The molecule has 3 aromatic rings. The maximum absolute atomic E-state index is 12.8. The van der Waals surface area contributed by atoms with Gasteiger partial charge in [-0.3, -0.25) is 4.79 Å². The molecule has 0 saturated heterocycles. The Hall–Kier alpha value is -2.92. The second-order valence-corrected chi connectivity index (χ2v) is 8.18. The predicted molar refractivity (Wildman–Crippen MR) is 117 cm³/mol. The maximum atomic E-state index is 12.8. The van der Waals surface area contributed by atoms with Gasteiger partial charge in [0.1, 0.15) is 10.6 Å². The Morgan fingerprint density at radius 3 is 2.55 bits per heavy atom. The van der Waals surface area contributed by atoms with Gasteiger partial charge in [0.05, 0.1) is 7.11 Å². The lowest BCUT2D eigenvalue weighted by molar-refractivity contribution is 0.0603. The normalized spacial score (nSPS) is 12.9. The molecule has 0 radical (unpaired) electrons. The third-order valence-electron chi connectivity index (χ3n) is 5.46. The number of rotatable bonds is 4. The van der Waals surface area contributed by atoms with Crippen LogP contribution in [0.5, 0.6) is 0 Å². The van der Waals surface area contributed by atoms with Gasteiger partial charge >= 0.3 is 5.97 Å². The molecule has 1 amide bonds. The Morgan fingerprint density at radius 2 is 1.79 bits per heavy atom. The minimum absolute atomic E-state index is 0.230. The standard InChI is InChI=1S/C24H23NO3S/c1-15-7-3-6-10-19(15)22(26)25-23-21(24(27)28-2)20(14-29-23)18-12-11-16-8-4-5-9-17(16)13-18/h3,6-7,10-14H,4-5,8-9H2,1-2H3,(H,25,26). The molecule has 1 aliphatic carbocycles. The number of ether oxygens (including phenoxy) is 1. The molecule has 0 unspecified atom stereocenters. The molecule has 5 heteroatoms. The highest BCUT2D eigenvalue weighted by Gasteiger charge is 2.23. The van der Waals surface area contributed by atoms with E-state index in [2.05, 4.69) is 23.5 Å². The van der Waals surface area contributed by atoms with Crippen LogP contribution in [0.1, 0.15) is 50.2 Å². The Kier molecular flexibility index (Phi) is 5.49. The van der Waals surface area contributed by atoms with E-state index in [1.165, 1.54) is 42.4 Å². The van der Waals surface area contributed by atoms with Gasteiger partial charge in [-0.05, 0) is 60.9 Å². The lowest BCUT2D eigenvalue weighted by Crippen LogP contribution is -2.15. The molecule has 0 aliphatic heterocycles. The molecule has 0 fully saturated rings. The number of amides is 1. The van der Waals surface area contributed by atoms with E-state index in [1.807, 2.05) is 30.5 Å². The van der Waals surface area contributed by atoms with Gasteiger partial charge in [0.25, 0.3) is 5.91 Å². The molecular formula is C24H23NO3S. The van der Waals surface area contributed by atoms with Gasteiger partial charge in [-0.1, -0.05) is 36.4 Å². The third-order valence-corrected chi connectivity index (χ3v) is 6.35. The van der Waals surface area contributed by atoms with E-state index in [-0.39, 0.29) is 5.91 Å². The number of carbonyl (C=O) groups is 2. The average Bonchev–Trinajstić information content (AvgIpc) is 3.16. The fourth-order valence-electron chi connectivity index (χ4n) is 3.87. The fourth-order valence-corrected chi connectivity index (χ4v) is 4.82. The molecular weight excluding hydrogens is 382 g/mol. The van der Waals surface area contributed by atoms with Crippen LogP contribution in [-0.4, -0.2) is 19.0 Å². The highest BCUT2D eigenvalue weighted by atomic mass is 32.1. The van der Waals surface area contributed by atoms with E-state index in [9.17, 15) is 9.59 Å². The van der Waals surface area contributed by atoms with Crippen molar-refractivity contribution in [2.24, 2.45) is 0 Å². The van der Waals surface area contributed by atoms with Gasteiger partial charge in [0.2, 0.25) is 0 Å². The number of anilines is 1. The van der Waals surface area contributed by atoms with Crippen LogP contribution in [0, 0.1) is 6.92 Å². The SMILES string of the molecule is COC(=O)c1c(-c2ccc3c(c2)CCCC3)csc1NC(=O)c1ccccc1C. The van der Waals surface area contributed by atoms with Crippen LogP contribution >= 0.6 is 11.3 Å². The van der Waals surface area contributed by atoms with E-state index in [0.717, 1.165) is 29.5 Å². The molecule has 4 rings (SSSR count). The summed E-state index contributed by atoms with van der Waals surface area (Å²) >= 11 is 1.35. The summed E-state index contributed by atoms with van der Waals surface area (Å²) in [4.78, 5) is 25.4. The first kappa shape index (κ1) is 19.4. The first-order valence-electron chi connectivity index (χ1n) is 9.77. The van der Waals surface area contributed by atoms with Crippen LogP contribution < -0.4 is 5.32 Å². The summed E-state index contributed by atoms with van der Waals surface area (Å²) in [7, 11) is 1.36. The number of aryl methyl sites for hydroxylation is 3. The van der Waals surface area contributed by atoms with Crippen molar-refractivity contribution in [2.45, 2.75) is 32.6 Å². The zero-order chi connectivity index (χ0) is 20.4. The third kappa shape index (κ3) is 3.83. The molecule has 0 atom stereocenters. The number of fused-ring (bicyclic) bond motifs is 1. The monoisotopic (exact) mass is 405 g/mol. The summed E-state index contributed by atoms with van der Waals surface area (Å²) in [5.41, 5.74) is 6.41. The summed E-state index contributed by atoms with van der Waals surface area (Å²) < 4.78 is 5.04. The highest BCUT2D eigenvalue weighted by molar-refractivity contribution is 7.15. The Balaban J connectivity index is 1.72. The van der Waals surface area contributed by atoms with E-state index in [1.54, 1.807) is 6.07 Å². The van der Waals surface area contributed by atoms with E-state index < -0.39 is 5.97 Å². The number of thiophene rings is 1. The van der Waals surface area contributed by atoms with Crippen LogP contribution in [0.4, 0.5) is 5.00 Å². The number of carbonyl (C=O) groups excluding carboxylic acids is 2. The quantitative estimate of drug-likeness (QED) is 0.572. The zero-order valence-electron chi connectivity index (χ0n) is 16.6. The fraction of sp³-hybridized carbons (Fsp3) is 0.250. The molecule has 0 bridgehead atoms. The Morgan fingerprint density at radius 1 is 1.03 bits per heavy atom. The number of hydrogen-bond acceptors (Lipinski definition) is 4. The van der Waals surface area contributed by atoms with Crippen molar-refractivity contribution in [1.82, 2.24) is 0 Å². The van der Waals surface area contributed by atoms with Crippen molar-refractivity contribution in [3.63, 3.8) is 0 Å². The van der Waals surface area contributed by atoms with Gasteiger partial charge in [0, 0.05) is 16.5 Å². The topological polar surface area (TPSA) is 55.4 Å². The van der Waals surface area contributed by atoms with Crippen molar-refractivity contribution in [3.05, 3.63) is 75.7 Å². The predicted octanol–water partition coefficient (Wildman–Crippen LogP) is 5.64. The smallest absolute Gasteiger partial charge is 0.341 e. The lowest BCUT2D eigenvalue weighted by atomic mass is 9.89. The second kappa shape index (κ2) is 8.21. The van der Waals surface area contributed by atoms with Crippen molar-refractivity contribution in [2.75, 3.05) is 12.4 Å². The zero-order valence-corrected chi connectivity index (χ0v) is 17.4. The Bertz CT molecular complexity index is 1080. The number of hydrogen-bond donors (Lipinski definition) is 1. The van der Waals surface area contributed by atoms with Crippen molar-refractivity contribution < 1.29 is 14.3 Å². The molecule has 0 spiro atoms. The van der Waals surface area contributed by atoms with Crippen LogP contribution in [0.2, 0.25) is 0 Å². The molecule has 29 heavy (non-hydrogen) atoms. The second-order valence-electron chi connectivity index (χ2n) is 7.30. The molecule has 0 saturated carbocycles. The van der Waals surface area contributed by atoms with E-state index in [0.29, 0.717) is 16.1 Å². The van der Waals surface area contributed by atoms with Gasteiger partial charge in [-0.2, -0.15) is 0 Å². The minimum atomic E-state index is -0.445. The molecule has 1 aliphatic rings. The molecule has 1 aromatic heterocycles. The molecule has 148 valence electrons. The average molecular weight is 406 g/mol. The van der Waals surface area contributed by atoms with Gasteiger partial charge < -0.3 is 10.1 Å². The summed E-state index contributed by atoms with van der Waals surface area (Å²) in [6.07, 6.45) is 4.60. The van der Waals surface area contributed by atoms with Crippen LogP contribution in [0.3, 0.4) is 0 Å². The molecule has 4 nitrogen and oxygen atoms in total. The summed E-state index contributed by atoms with van der Waals surface area (Å²) in [6, 6.07) is 13.8. The minimum Gasteiger partial charge on any atom is -0.465 e. The number of nitrogens with one attached hydrogen (secondary N) is 1. The number of esters is 1. The summed E-state index contributed by atoms with van der Waals surface area (Å²) in [6.45, 7) is 1.89. The van der Waals surface area contributed by atoms with Crippen LogP contribution in [0.25, 0.3) is 11.1 Å². The van der Waals surface area contributed by atoms with Crippen LogP contribution in [0.15, 0.2) is 47.8 Å². The molecule has 2 aromatic carbocycles. The first-order valence-corrected chi connectivity index (χ1v) is 10.7. The van der Waals surface area contributed by atoms with E-state index in [4.69, 9.17) is 4.74 Å². The van der Waals surface area contributed by atoms with E-state index >= 15 is 0 Å². The largest absolute Gasteiger partial charge is 0.465 e. The summed E-state index contributed by atoms with van der Waals surface area (Å²) in [5.74, 6) is -0.675. The lowest BCUT2D eigenvalue weighted by Gasteiger charge is -2.16. The van der Waals surface area contributed by atoms with Crippen molar-refractivity contribution in [1.29, 1.82) is 0 Å². The van der Waals surface area contributed by atoms with Gasteiger partial charge in [0.15, 0.2) is 0 Å². The summed E-state index contributed by atoms with van der Waals surface area (Å²) in [5, 5.41) is 5.35. The molecule has 1 heterocycles.